The number of aryl methyl sites for hydroxylation is 2. The zero-order valence-electron chi connectivity index (χ0n) is 17.5. The van der Waals surface area contributed by atoms with Gasteiger partial charge in [0.15, 0.2) is 0 Å². The molecule has 1 N–H and O–H groups in total. The quantitative estimate of drug-likeness (QED) is 0.432. The van der Waals surface area contributed by atoms with Crippen molar-refractivity contribution in [2.75, 3.05) is 0 Å². The number of phenols is 1. The number of benzene rings is 3. The summed E-state index contributed by atoms with van der Waals surface area (Å²) in [5, 5.41) is 11.0. The molecule has 1 nitrogen and oxygen atoms in total. The Balaban J connectivity index is 2.38. The Hall–Kier alpha value is -2.54. The minimum Gasteiger partial charge on any atom is -0.508 e. The van der Waals surface area contributed by atoms with Crippen molar-refractivity contribution in [3.8, 4) is 28.0 Å². The van der Waals surface area contributed by atoms with Crippen molar-refractivity contribution < 1.29 is 5.11 Å². The Kier molecular flexibility index (Phi) is 6.92. The van der Waals surface area contributed by atoms with Gasteiger partial charge in [0.1, 0.15) is 5.75 Å². The fraction of sp³-hybridized carbons (Fsp3) is 0.333. The molecule has 0 bridgehead atoms. The van der Waals surface area contributed by atoms with Crippen LogP contribution in [0, 0.1) is 0 Å². The molecule has 3 aromatic carbocycles. The fourth-order valence-corrected chi connectivity index (χ4v) is 4.13. The molecule has 0 saturated heterocycles. The van der Waals surface area contributed by atoms with Crippen molar-refractivity contribution in [3.63, 3.8) is 0 Å². The smallest absolute Gasteiger partial charge is 0.119 e. The highest BCUT2D eigenvalue weighted by Gasteiger charge is 2.21. The van der Waals surface area contributed by atoms with Crippen molar-refractivity contribution >= 4 is 0 Å². The van der Waals surface area contributed by atoms with Crippen molar-refractivity contribution in [2.24, 2.45) is 0 Å². The molecule has 3 aromatic rings. The molecule has 0 unspecified atom stereocenters. The van der Waals surface area contributed by atoms with Crippen LogP contribution < -0.4 is 0 Å². The molecular weight excluding hydrogens is 340 g/mol. The second-order valence-corrected chi connectivity index (χ2v) is 7.51. The molecule has 0 saturated carbocycles. The SMILES string of the molecule is CCCCc1c(O)cc(CC)c(-c2ccccc2)c1-c1ccccc1CCC. The lowest BCUT2D eigenvalue weighted by Crippen LogP contribution is -2.01. The first-order chi connectivity index (χ1) is 13.7. The summed E-state index contributed by atoms with van der Waals surface area (Å²) in [5.41, 5.74) is 8.72. The molecule has 0 atom stereocenters. The number of hydrogen-bond donors (Lipinski definition) is 1. The number of aromatic hydroxyl groups is 1. The number of unbranched alkanes of at least 4 members (excludes halogenated alkanes) is 1. The first-order valence-electron chi connectivity index (χ1n) is 10.7. The first-order valence-corrected chi connectivity index (χ1v) is 10.7. The third-order valence-corrected chi connectivity index (χ3v) is 5.52. The van der Waals surface area contributed by atoms with Gasteiger partial charge in [-0.2, -0.15) is 0 Å². The van der Waals surface area contributed by atoms with Crippen LogP contribution in [-0.2, 0) is 19.3 Å². The van der Waals surface area contributed by atoms with Crippen LogP contribution in [0.15, 0.2) is 60.7 Å². The molecule has 3 rings (SSSR count). The Morgan fingerprint density at radius 3 is 2.11 bits per heavy atom. The van der Waals surface area contributed by atoms with Gasteiger partial charge in [-0.1, -0.05) is 88.2 Å². The zero-order chi connectivity index (χ0) is 19.9. The highest BCUT2D eigenvalue weighted by molar-refractivity contribution is 5.90. The molecule has 0 aromatic heterocycles. The van der Waals surface area contributed by atoms with Crippen LogP contribution in [0.2, 0.25) is 0 Å². The first kappa shape index (κ1) is 20.2. The molecule has 1 heteroatoms. The van der Waals surface area contributed by atoms with Gasteiger partial charge in [0.2, 0.25) is 0 Å². The molecule has 0 aliphatic carbocycles. The maximum atomic E-state index is 11.0. The molecule has 0 fully saturated rings. The minimum absolute atomic E-state index is 0.450. The highest BCUT2D eigenvalue weighted by Crippen LogP contribution is 2.44. The Morgan fingerprint density at radius 2 is 1.43 bits per heavy atom. The highest BCUT2D eigenvalue weighted by atomic mass is 16.3. The van der Waals surface area contributed by atoms with Crippen LogP contribution in [0.1, 0.15) is 56.7 Å². The van der Waals surface area contributed by atoms with E-state index in [-0.39, 0.29) is 0 Å². The summed E-state index contributed by atoms with van der Waals surface area (Å²) in [6.45, 7) is 6.61. The zero-order valence-corrected chi connectivity index (χ0v) is 17.5. The average molecular weight is 373 g/mol. The van der Waals surface area contributed by atoms with E-state index in [1.165, 1.54) is 33.4 Å². The van der Waals surface area contributed by atoms with Crippen molar-refractivity contribution in [1.29, 1.82) is 0 Å². The normalized spacial score (nSPS) is 11.0. The van der Waals surface area contributed by atoms with Gasteiger partial charge in [0, 0.05) is 5.56 Å². The average Bonchev–Trinajstić information content (AvgIpc) is 2.73. The second-order valence-electron chi connectivity index (χ2n) is 7.51. The summed E-state index contributed by atoms with van der Waals surface area (Å²) >= 11 is 0. The maximum absolute atomic E-state index is 11.0. The largest absolute Gasteiger partial charge is 0.508 e. The van der Waals surface area contributed by atoms with E-state index in [0.29, 0.717) is 5.75 Å². The molecule has 28 heavy (non-hydrogen) atoms. The lowest BCUT2D eigenvalue weighted by molar-refractivity contribution is 0.466. The lowest BCUT2D eigenvalue weighted by atomic mass is 9.82. The van der Waals surface area contributed by atoms with Crippen LogP contribution in [-0.4, -0.2) is 5.11 Å². The van der Waals surface area contributed by atoms with Crippen LogP contribution >= 0.6 is 0 Å². The predicted octanol–water partition coefficient (Wildman–Crippen LogP) is 7.58. The maximum Gasteiger partial charge on any atom is 0.119 e. The summed E-state index contributed by atoms with van der Waals surface area (Å²) in [5.74, 6) is 0.450. The predicted molar refractivity (Wildman–Crippen MR) is 121 cm³/mol. The van der Waals surface area contributed by atoms with E-state index in [1.54, 1.807) is 0 Å². The molecule has 0 aliphatic rings. The fourth-order valence-electron chi connectivity index (χ4n) is 4.13. The summed E-state index contributed by atoms with van der Waals surface area (Å²) in [6.07, 6.45) is 6.16. The van der Waals surface area contributed by atoms with Gasteiger partial charge < -0.3 is 5.11 Å². The van der Waals surface area contributed by atoms with Gasteiger partial charge in [-0.05, 0) is 65.1 Å². The van der Waals surface area contributed by atoms with Crippen molar-refractivity contribution in [3.05, 3.63) is 77.4 Å². The van der Waals surface area contributed by atoms with Crippen LogP contribution in [0.5, 0.6) is 5.75 Å². The third kappa shape index (κ3) is 4.14. The van der Waals surface area contributed by atoms with E-state index in [0.717, 1.165) is 44.1 Å². The molecular formula is C27H32O. The van der Waals surface area contributed by atoms with Crippen molar-refractivity contribution in [1.82, 2.24) is 0 Å². The number of hydrogen-bond acceptors (Lipinski definition) is 1. The summed E-state index contributed by atoms with van der Waals surface area (Å²) in [7, 11) is 0. The van der Waals surface area contributed by atoms with E-state index in [1.807, 2.05) is 6.07 Å². The van der Waals surface area contributed by atoms with E-state index in [4.69, 9.17) is 0 Å². The summed E-state index contributed by atoms with van der Waals surface area (Å²) in [6, 6.07) is 21.4. The lowest BCUT2D eigenvalue weighted by Gasteiger charge is -2.22. The van der Waals surface area contributed by atoms with Gasteiger partial charge in [0.05, 0.1) is 0 Å². The molecule has 146 valence electrons. The van der Waals surface area contributed by atoms with E-state index >= 15 is 0 Å². The summed E-state index contributed by atoms with van der Waals surface area (Å²) in [4.78, 5) is 0. The Morgan fingerprint density at radius 1 is 0.714 bits per heavy atom. The van der Waals surface area contributed by atoms with Gasteiger partial charge >= 0.3 is 0 Å². The molecule has 0 amide bonds. The van der Waals surface area contributed by atoms with Crippen LogP contribution in [0.25, 0.3) is 22.3 Å². The minimum atomic E-state index is 0.450. The summed E-state index contributed by atoms with van der Waals surface area (Å²) < 4.78 is 0. The van der Waals surface area contributed by atoms with Gasteiger partial charge in [-0.15, -0.1) is 0 Å². The molecule has 0 radical (unpaired) electrons. The van der Waals surface area contributed by atoms with E-state index < -0.39 is 0 Å². The molecule has 0 heterocycles. The molecule has 0 spiro atoms. The van der Waals surface area contributed by atoms with Gasteiger partial charge in [-0.3, -0.25) is 0 Å². The van der Waals surface area contributed by atoms with Gasteiger partial charge in [0.25, 0.3) is 0 Å². The Labute approximate surface area is 170 Å². The van der Waals surface area contributed by atoms with E-state index in [2.05, 4.69) is 75.4 Å². The van der Waals surface area contributed by atoms with Gasteiger partial charge in [-0.25, -0.2) is 0 Å². The molecule has 0 aliphatic heterocycles. The number of rotatable bonds is 8. The van der Waals surface area contributed by atoms with Crippen molar-refractivity contribution in [2.45, 2.75) is 59.3 Å². The number of phenolic OH excluding ortho intramolecular Hbond substituents is 1. The monoisotopic (exact) mass is 372 g/mol. The topological polar surface area (TPSA) is 20.2 Å². The van der Waals surface area contributed by atoms with Crippen LogP contribution in [0.3, 0.4) is 0 Å². The van der Waals surface area contributed by atoms with Crippen LogP contribution in [0.4, 0.5) is 0 Å². The Bertz CT molecular complexity index is 909. The standard InChI is InChI=1S/C27H32O/c1-4-7-17-24-25(28)19-20(6-3)26(22-15-9-8-10-16-22)27(24)23-18-12-11-14-21(23)13-5-2/h8-12,14-16,18-19,28H,4-7,13,17H2,1-3H3. The third-order valence-electron chi connectivity index (χ3n) is 5.52. The second kappa shape index (κ2) is 9.59. The van der Waals surface area contributed by atoms with E-state index in [9.17, 15) is 5.11 Å².